The van der Waals surface area contributed by atoms with Crippen molar-refractivity contribution in [2.24, 2.45) is 0 Å². The number of anilines is 2. The van der Waals surface area contributed by atoms with Gasteiger partial charge in [0.15, 0.2) is 0 Å². The minimum absolute atomic E-state index is 0.495. The van der Waals surface area contributed by atoms with E-state index in [1.54, 1.807) is 13.2 Å². The lowest BCUT2D eigenvalue weighted by molar-refractivity contribution is -0.141. The third-order valence-corrected chi connectivity index (χ3v) is 3.84. The highest BCUT2D eigenvalue weighted by Crippen LogP contribution is 2.29. The van der Waals surface area contributed by atoms with Gasteiger partial charge in [-0.15, -0.1) is 0 Å². The summed E-state index contributed by atoms with van der Waals surface area (Å²) in [6, 6.07) is 4.23. The number of nitrogens with zero attached hydrogens (tertiary/aromatic N) is 5. The van der Waals surface area contributed by atoms with E-state index >= 15 is 0 Å². The molecule has 6 nitrogen and oxygen atoms in total. The van der Waals surface area contributed by atoms with Crippen molar-refractivity contribution in [1.29, 1.82) is 0 Å². The lowest BCUT2D eigenvalue weighted by Gasteiger charge is -2.36. The van der Waals surface area contributed by atoms with Crippen molar-refractivity contribution in [2.45, 2.75) is 6.18 Å². The summed E-state index contributed by atoms with van der Waals surface area (Å²) in [5.74, 6) is 1.27. The van der Waals surface area contributed by atoms with E-state index in [0.717, 1.165) is 11.9 Å². The molecule has 0 aliphatic carbocycles. The van der Waals surface area contributed by atoms with Crippen molar-refractivity contribution in [2.75, 3.05) is 43.1 Å². The van der Waals surface area contributed by atoms with Crippen LogP contribution in [0.25, 0.3) is 0 Å². The molecule has 0 bridgehead atoms. The highest BCUT2D eigenvalue weighted by Gasteiger charge is 2.32. The zero-order valence-corrected chi connectivity index (χ0v) is 13.0. The standard InChI is InChI=1S/C15H16F3N5O/c1-24-14-8-13(20-10-21-14)23-6-4-22(5-7-23)11-2-3-12(19-9-11)15(16,17)18/h2-3,8-10H,4-7H2,1H3. The predicted octanol–water partition coefficient (Wildman–Crippen LogP) is 2.23. The molecule has 1 aliphatic rings. The third kappa shape index (κ3) is 3.50. The highest BCUT2D eigenvalue weighted by atomic mass is 19.4. The van der Waals surface area contributed by atoms with Crippen LogP contribution in [0, 0.1) is 0 Å². The van der Waals surface area contributed by atoms with Crippen LogP contribution in [0.5, 0.6) is 5.88 Å². The van der Waals surface area contributed by atoms with Crippen LogP contribution in [-0.2, 0) is 6.18 Å². The van der Waals surface area contributed by atoms with E-state index in [4.69, 9.17) is 4.74 Å². The van der Waals surface area contributed by atoms with Crippen LogP contribution in [0.2, 0.25) is 0 Å². The van der Waals surface area contributed by atoms with Crippen molar-refractivity contribution < 1.29 is 17.9 Å². The first-order valence-electron chi connectivity index (χ1n) is 7.36. The van der Waals surface area contributed by atoms with Gasteiger partial charge in [0.1, 0.15) is 17.8 Å². The summed E-state index contributed by atoms with van der Waals surface area (Å²) in [7, 11) is 1.54. The van der Waals surface area contributed by atoms with Gasteiger partial charge < -0.3 is 14.5 Å². The molecule has 2 aromatic rings. The SMILES string of the molecule is COc1cc(N2CCN(c3ccc(C(F)(F)F)nc3)CC2)ncn1. The Morgan fingerprint density at radius 1 is 1.00 bits per heavy atom. The minimum Gasteiger partial charge on any atom is -0.481 e. The summed E-state index contributed by atoms with van der Waals surface area (Å²) in [5, 5.41) is 0. The molecule has 3 rings (SSSR count). The average Bonchev–Trinajstić information content (AvgIpc) is 2.61. The van der Waals surface area contributed by atoms with E-state index in [0.29, 0.717) is 37.7 Å². The van der Waals surface area contributed by atoms with E-state index in [-0.39, 0.29) is 0 Å². The minimum atomic E-state index is -4.41. The second kappa shape index (κ2) is 6.50. The van der Waals surface area contributed by atoms with Gasteiger partial charge in [0, 0.05) is 32.2 Å². The van der Waals surface area contributed by atoms with Gasteiger partial charge in [0.2, 0.25) is 5.88 Å². The van der Waals surface area contributed by atoms with Gasteiger partial charge in [-0.2, -0.15) is 13.2 Å². The number of aromatic nitrogens is 3. The lowest BCUT2D eigenvalue weighted by Crippen LogP contribution is -2.46. The zero-order valence-electron chi connectivity index (χ0n) is 13.0. The van der Waals surface area contributed by atoms with Crippen LogP contribution in [-0.4, -0.2) is 48.2 Å². The molecule has 0 unspecified atom stereocenters. The van der Waals surface area contributed by atoms with Gasteiger partial charge in [0.05, 0.1) is 19.0 Å². The van der Waals surface area contributed by atoms with Gasteiger partial charge in [0.25, 0.3) is 0 Å². The van der Waals surface area contributed by atoms with Crippen molar-refractivity contribution in [1.82, 2.24) is 15.0 Å². The Kier molecular flexibility index (Phi) is 4.41. The molecule has 0 spiro atoms. The molecule has 0 atom stereocenters. The van der Waals surface area contributed by atoms with Crippen LogP contribution in [0.4, 0.5) is 24.7 Å². The van der Waals surface area contributed by atoms with Gasteiger partial charge in [-0.3, -0.25) is 0 Å². The summed E-state index contributed by atoms with van der Waals surface area (Å²) < 4.78 is 42.8. The van der Waals surface area contributed by atoms with Gasteiger partial charge >= 0.3 is 6.18 Å². The van der Waals surface area contributed by atoms with E-state index < -0.39 is 11.9 Å². The first-order chi connectivity index (χ1) is 11.5. The normalized spacial score (nSPS) is 15.5. The molecule has 24 heavy (non-hydrogen) atoms. The Labute approximate surface area is 136 Å². The summed E-state index contributed by atoms with van der Waals surface area (Å²) in [4.78, 5) is 15.8. The average molecular weight is 339 g/mol. The van der Waals surface area contributed by atoms with Crippen molar-refractivity contribution in [3.05, 3.63) is 36.4 Å². The van der Waals surface area contributed by atoms with Gasteiger partial charge in [-0.25, -0.2) is 15.0 Å². The van der Waals surface area contributed by atoms with Crippen molar-refractivity contribution in [3.63, 3.8) is 0 Å². The number of methoxy groups -OCH3 is 1. The zero-order chi connectivity index (χ0) is 17.2. The maximum Gasteiger partial charge on any atom is 0.433 e. The molecule has 0 amide bonds. The van der Waals surface area contributed by atoms with E-state index in [1.165, 1.54) is 18.6 Å². The van der Waals surface area contributed by atoms with Crippen LogP contribution in [0.1, 0.15) is 5.69 Å². The Balaban J connectivity index is 1.64. The lowest BCUT2D eigenvalue weighted by atomic mass is 10.2. The molecule has 1 saturated heterocycles. The topological polar surface area (TPSA) is 54.4 Å². The van der Waals surface area contributed by atoms with Crippen LogP contribution in [0.15, 0.2) is 30.7 Å². The fraction of sp³-hybridized carbons (Fsp3) is 0.400. The molecule has 0 saturated carbocycles. The number of pyridine rings is 1. The van der Waals surface area contributed by atoms with Gasteiger partial charge in [-0.05, 0) is 12.1 Å². The molecule has 1 fully saturated rings. The molecule has 1 aliphatic heterocycles. The predicted molar refractivity (Wildman–Crippen MR) is 82.2 cm³/mol. The largest absolute Gasteiger partial charge is 0.481 e. The Bertz CT molecular complexity index is 684. The number of hydrogen-bond donors (Lipinski definition) is 0. The number of piperazine rings is 1. The molecular weight excluding hydrogens is 323 g/mol. The number of hydrogen-bond acceptors (Lipinski definition) is 6. The van der Waals surface area contributed by atoms with E-state index in [2.05, 4.69) is 19.9 Å². The van der Waals surface area contributed by atoms with E-state index in [9.17, 15) is 13.2 Å². The summed E-state index contributed by atoms with van der Waals surface area (Å²) in [6.07, 6.45) is -1.70. The molecular formula is C15H16F3N5O. The van der Waals surface area contributed by atoms with E-state index in [1.807, 2.05) is 4.90 Å². The van der Waals surface area contributed by atoms with Crippen LogP contribution >= 0.6 is 0 Å². The Morgan fingerprint density at radius 3 is 2.29 bits per heavy atom. The number of ether oxygens (including phenoxy) is 1. The first kappa shape index (κ1) is 16.3. The molecule has 128 valence electrons. The summed E-state index contributed by atoms with van der Waals surface area (Å²) in [5.41, 5.74) is -0.194. The molecule has 0 aromatic carbocycles. The fourth-order valence-corrected chi connectivity index (χ4v) is 2.55. The Morgan fingerprint density at radius 2 is 1.71 bits per heavy atom. The third-order valence-electron chi connectivity index (χ3n) is 3.84. The number of halogens is 3. The molecule has 3 heterocycles. The summed E-state index contributed by atoms with van der Waals surface area (Å²) in [6.45, 7) is 2.72. The molecule has 0 radical (unpaired) electrons. The van der Waals surface area contributed by atoms with Crippen molar-refractivity contribution >= 4 is 11.5 Å². The Hall–Kier alpha value is -2.58. The van der Waals surface area contributed by atoms with Crippen molar-refractivity contribution in [3.8, 4) is 5.88 Å². The quantitative estimate of drug-likeness (QED) is 0.855. The smallest absolute Gasteiger partial charge is 0.433 e. The molecule has 0 N–H and O–H groups in total. The summed E-state index contributed by atoms with van der Waals surface area (Å²) >= 11 is 0. The van der Waals surface area contributed by atoms with Crippen LogP contribution < -0.4 is 14.5 Å². The second-order valence-electron chi connectivity index (χ2n) is 5.29. The second-order valence-corrected chi connectivity index (χ2v) is 5.29. The first-order valence-corrected chi connectivity index (χ1v) is 7.36. The molecule has 2 aromatic heterocycles. The number of alkyl halides is 3. The maximum atomic E-state index is 12.6. The monoisotopic (exact) mass is 339 g/mol. The maximum absolute atomic E-state index is 12.6. The highest BCUT2D eigenvalue weighted by molar-refractivity contribution is 5.49. The molecule has 9 heteroatoms. The van der Waals surface area contributed by atoms with Gasteiger partial charge in [-0.1, -0.05) is 0 Å². The van der Waals surface area contributed by atoms with Crippen LogP contribution in [0.3, 0.4) is 0 Å². The fourth-order valence-electron chi connectivity index (χ4n) is 2.55. The number of rotatable bonds is 3.